The maximum absolute atomic E-state index is 11.7. The topological polar surface area (TPSA) is 66.4 Å². The van der Waals surface area contributed by atoms with Gasteiger partial charge >= 0.3 is 5.97 Å². The van der Waals surface area contributed by atoms with Gasteiger partial charge in [-0.25, -0.2) is 0 Å². The third-order valence-electron chi connectivity index (χ3n) is 3.34. The monoisotopic (exact) mass is 227 g/mol. The molecule has 1 saturated carbocycles. The van der Waals surface area contributed by atoms with E-state index in [4.69, 9.17) is 5.11 Å². The average molecular weight is 227 g/mol. The van der Waals surface area contributed by atoms with Crippen LogP contribution in [0.2, 0.25) is 0 Å². The van der Waals surface area contributed by atoms with Gasteiger partial charge in [0.1, 0.15) is 6.04 Å². The maximum atomic E-state index is 11.7. The van der Waals surface area contributed by atoms with Gasteiger partial charge in [-0.2, -0.15) is 0 Å². The van der Waals surface area contributed by atoms with E-state index in [9.17, 15) is 9.59 Å². The van der Waals surface area contributed by atoms with Crippen LogP contribution in [0.5, 0.6) is 0 Å². The van der Waals surface area contributed by atoms with E-state index in [1.165, 1.54) is 32.6 Å². The van der Waals surface area contributed by atoms with E-state index in [0.717, 1.165) is 6.42 Å². The van der Waals surface area contributed by atoms with Gasteiger partial charge in [0.25, 0.3) is 0 Å². The zero-order valence-electron chi connectivity index (χ0n) is 10.0. The first-order chi connectivity index (χ1) is 7.50. The van der Waals surface area contributed by atoms with Crippen molar-refractivity contribution in [1.82, 2.24) is 5.32 Å². The van der Waals surface area contributed by atoms with E-state index in [2.05, 4.69) is 5.32 Å². The molecule has 0 aromatic heterocycles. The summed E-state index contributed by atoms with van der Waals surface area (Å²) in [6.45, 7) is 3.37. The highest BCUT2D eigenvalue weighted by Crippen LogP contribution is 2.30. The van der Waals surface area contributed by atoms with Crippen molar-refractivity contribution in [1.29, 1.82) is 0 Å². The lowest BCUT2D eigenvalue weighted by Gasteiger charge is -2.17. The molecule has 1 aliphatic carbocycles. The summed E-state index contributed by atoms with van der Waals surface area (Å²) >= 11 is 0. The number of amides is 1. The van der Waals surface area contributed by atoms with E-state index in [0.29, 0.717) is 5.92 Å². The normalized spacial score (nSPS) is 20.4. The molecule has 0 bridgehead atoms. The summed E-state index contributed by atoms with van der Waals surface area (Å²) in [5.41, 5.74) is 0. The number of aliphatic carboxylic acids is 1. The van der Waals surface area contributed by atoms with E-state index in [1.807, 2.05) is 6.92 Å². The van der Waals surface area contributed by atoms with E-state index >= 15 is 0 Å². The van der Waals surface area contributed by atoms with Crippen LogP contribution in [-0.2, 0) is 9.59 Å². The minimum atomic E-state index is -0.985. The first kappa shape index (κ1) is 13.0. The Kier molecular flexibility index (Phi) is 4.77. The lowest BCUT2D eigenvalue weighted by Crippen LogP contribution is -2.41. The SMILES string of the molecule is CC(CC1CCCC1)C(=O)N[C@@H](C)C(=O)O. The van der Waals surface area contributed by atoms with Crippen molar-refractivity contribution in [2.75, 3.05) is 0 Å². The number of carbonyl (C=O) groups excluding carboxylic acids is 1. The van der Waals surface area contributed by atoms with Gasteiger partial charge in [0, 0.05) is 5.92 Å². The lowest BCUT2D eigenvalue weighted by atomic mass is 9.94. The predicted molar refractivity (Wildman–Crippen MR) is 61.0 cm³/mol. The van der Waals surface area contributed by atoms with Gasteiger partial charge in [0.15, 0.2) is 0 Å². The molecule has 2 atom stereocenters. The molecule has 0 radical (unpaired) electrons. The van der Waals surface area contributed by atoms with Gasteiger partial charge in [-0.05, 0) is 19.3 Å². The standard InChI is InChI=1S/C12H21NO3/c1-8(7-10-5-3-4-6-10)11(14)13-9(2)12(15)16/h8-10H,3-7H2,1-2H3,(H,13,14)(H,15,16)/t8?,9-/m0/s1. The third-order valence-corrected chi connectivity index (χ3v) is 3.34. The Labute approximate surface area is 96.4 Å². The molecule has 1 unspecified atom stereocenters. The highest BCUT2D eigenvalue weighted by Gasteiger charge is 2.23. The number of hydrogen-bond donors (Lipinski definition) is 2. The van der Waals surface area contributed by atoms with Crippen LogP contribution in [0.15, 0.2) is 0 Å². The molecule has 1 rings (SSSR count). The Morgan fingerprint density at radius 1 is 1.31 bits per heavy atom. The molecule has 16 heavy (non-hydrogen) atoms. The summed E-state index contributed by atoms with van der Waals surface area (Å²) in [4.78, 5) is 22.3. The zero-order chi connectivity index (χ0) is 12.1. The minimum Gasteiger partial charge on any atom is -0.480 e. The highest BCUT2D eigenvalue weighted by molar-refractivity contribution is 5.84. The summed E-state index contributed by atoms with van der Waals surface area (Å²) < 4.78 is 0. The fourth-order valence-electron chi connectivity index (χ4n) is 2.27. The second kappa shape index (κ2) is 5.87. The van der Waals surface area contributed by atoms with Crippen LogP contribution in [0.4, 0.5) is 0 Å². The van der Waals surface area contributed by atoms with Gasteiger partial charge in [0.2, 0.25) is 5.91 Å². The molecule has 0 aromatic rings. The van der Waals surface area contributed by atoms with Crippen LogP contribution in [0, 0.1) is 11.8 Å². The van der Waals surface area contributed by atoms with E-state index < -0.39 is 12.0 Å². The van der Waals surface area contributed by atoms with Crippen molar-refractivity contribution in [3.8, 4) is 0 Å². The molecule has 0 saturated heterocycles. The summed E-state index contributed by atoms with van der Waals surface area (Å²) in [6.07, 6.45) is 5.85. The molecule has 1 aliphatic rings. The third kappa shape index (κ3) is 3.83. The molecule has 2 N–H and O–H groups in total. The second-order valence-electron chi connectivity index (χ2n) is 4.86. The first-order valence-electron chi connectivity index (χ1n) is 6.04. The van der Waals surface area contributed by atoms with Crippen molar-refractivity contribution in [3.63, 3.8) is 0 Å². The fraction of sp³-hybridized carbons (Fsp3) is 0.833. The van der Waals surface area contributed by atoms with E-state index in [1.54, 1.807) is 0 Å². The van der Waals surface area contributed by atoms with Crippen molar-refractivity contribution in [3.05, 3.63) is 0 Å². The summed E-state index contributed by atoms with van der Waals surface area (Å²) in [5, 5.41) is 11.2. The first-order valence-corrected chi connectivity index (χ1v) is 6.04. The molecule has 0 heterocycles. The van der Waals surface area contributed by atoms with Crippen molar-refractivity contribution in [2.45, 2.75) is 52.0 Å². The molecular formula is C12H21NO3. The predicted octanol–water partition coefficient (Wildman–Crippen LogP) is 1.79. The number of rotatable bonds is 5. The fourth-order valence-corrected chi connectivity index (χ4v) is 2.27. The van der Waals surface area contributed by atoms with Crippen LogP contribution < -0.4 is 5.32 Å². The summed E-state index contributed by atoms with van der Waals surface area (Å²) in [6, 6.07) is -0.793. The van der Waals surface area contributed by atoms with Gasteiger partial charge in [-0.1, -0.05) is 32.6 Å². The zero-order valence-corrected chi connectivity index (χ0v) is 10.0. The Bertz CT molecular complexity index is 259. The highest BCUT2D eigenvalue weighted by atomic mass is 16.4. The van der Waals surface area contributed by atoms with Gasteiger partial charge in [0.05, 0.1) is 0 Å². The lowest BCUT2D eigenvalue weighted by molar-refractivity contribution is -0.141. The summed E-state index contributed by atoms with van der Waals surface area (Å²) in [5.74, 6) is -0.547. The quantitative estimate of drug-likeness (QED) is 0.752. The molecule has 4 nitrogen and oxygen atoms in total. The molecule has 0 aromatic carbocycles. The number of carboxylic acid groups (broad SMARTS) is 1. The molecule has 1 fully saturated rings. The molecule has 0 spiro atoms. The minimum absolute atomic E-state index is 0.0788. The number of carbonyl (C=O) groups is 2. The Balaban J connectivity index is 2.32. The molecule has 0 aliphatic heterocycles. The van der Waals surface area contributed by atoms with E-state index in [-0.39, 0.29) is 11.8 Å². The van der Waals surface area contributed by atoms with Gasteiger partial charge in [-0.3, -0.25) is 9.59 Å². The average Bonchev–Trinajstić information content (AvgIpc) is 2.69. The number of carboxylic acids is 1. The molecule has 1 amide bonds. The summed E-state index contributed by atoms with van der Waals surface area (Å²) in [7, 11) is 0. The number of hydrogen-bond acceptors (Lipinski definition) is 2. The van der Waals surface area contributed by atoms with Crippen molar-refractivity contribution < 1.29 is 14.7 Å². The van der Waals surface area contributed by atoms with Crippen LogP contribution in [-0.4, -0.2) is 23.0 Å². The smallest absolute Gasteiger partial charge is 0.325 e. The Morgan fingerprint density at radius 3 is 2.38 bits per heavy atom. The molecular weight excluding hydrogens is 206 g/mol. The molecule has 92 valence electrons. The van der Waals surface area contributed by atoms with Crippen LogP contribution in [0.3, 0.4) is 0 Å². The molecule has 4 heteroatoms. The Morgan fingerprint density at radius 2 is 1.88 bits per heavy atom. The van der Waals surface area contributed by atoms with Gasteiger partial charge in [-0.15, -0.1) is 0 Å². The van der Waals surface area contributed by atoms with Crippen LogP contribution >= 0.6 is 0 Å². The van der Waals surface area contributed by atoms with Crippen LogP contribution in [0.25, 0.3) is 0 Å². The van der Waals surface area contributed by atoms with Crippen molar-refractivity contribution in [2.24, 2.45) is 11.8 Å². The second-order valence-corrected chi connectivity index (χ2v) is 4.86. The van der Waals surface area contributed by atoms with Crippen molar-refractivity contribution >= 4 is 11.9 Å². The van der Waals surface area contributed by atoms with Gasteiger partial charge < -0.3 is 10.4 Å². The number of nitrogens with one attached hydrogen (secondary N) is 1. The maximum Gasteiger partial charge on any atom is 0.325 e. The van der Waals surface area contributed by atoms with Crippen LogP contribution in [0.1, 0.15) is 46.0 Å². The Hall–Kier alpha value is -1.06. The largest absolute Gasteiger partial charge is 0.480 e.